The highest BCUT2D eigenvalue weighted by molar-refractivity contribution is 6.49. The van der Waals surface area contributed by atoms with Gasteiger partial charge < -0.3 is 4.43 Å². The fourth-order valence-corrected chi connectivity index (χ4v) is 2.89. The summed E-state index contributed by atoms with van der Waals surface area (Å²) in [7, 11) is -0.584. The average Bonchev–Trinajstić information content (AvgIpc) is 2.38. The molecular formula is C14H16OSi. The molecule has 1 nitrogen and oxygen atoms in total. The molecule has 16 heavy (non-hydrogen) atoms. The fraction of sp³-hybridized carbons (Fsp3) is 0.143. The lowest BCUT2D eigenvalue weighted by Gasteiger charge is -2.08. The summed E-state index contributed by atoms with van der Waals surface area (Å²) < 4.78 is 5.62. The Morgan fingerprint density at radius 2 is 1.62 bits per heavy atom. The zero-order valence-electron chi connectivity index (χ0n) is 9.52. The van der Waals surface area contributed by atoms with Crippen LogP contribution >= 0.6 is 0 Å². The van der Waals surface area contributed by atoms with Crippen LogP contribution in [0.4, 0.5) is 0 Å². The minimum absolute atomic E-state index is 0.584. The molecule has 0 aliphatic carbocycles. The Hall–Kier alpha value is -1.38. The van der Waals surface area contributed by atoms with Gasteiger partial charge in [0.15, 0.2) is 9.76 Å². The molecule has 2 aromatic carbocycles. The van der Waals surface area contributed by atoms with Crippen molar-refractivity contribution < 1.29 is 4.43 Å². The molecule has 0 aromatic heterocycles. The molecule has 2 rings (SSSR count). The summed E-state index contributed by atoms with van der Waals surface area (Å²) in [5.41, 5.74) is 2.61. The minimum atomic E-state index is -0.584. The van der Waals surface area contributed by atoms with E-state index in [9.17, 15) is 0 Å². The van der Waals surface area contributed by atoms with Gasteiger partial charge in [-0.1, -0.05) is 54.6 Å². The molecule has 0 unspecified atom stereocenters. The predicted octanol–water partition coefficient (Wildman–Crippen LogP) is 2.10. The van der Waals surface area contributed by atoms with Gasteiger partial charge in [-0.3, -0.25) is 0 Å². The van der Waals surface area contributed by atoms with Crippen LogP contribution < -0.4 is 5.19 Å². The van der Waals surface area contributed by atoms with Crippen LogP contribution in [0.1, 0.15) is 6.92 Å². The van der Waals surface area contributed by atoms with Crippen molar-refractivity contribution in [2.75, 3.05) is 6.61 Å². The van der Waals surface area contributed by atoms with E-state index in [2.05, 4.69) is 55.5 Å². The van der Waals surface area contributed by atoms with Gasteiger partial charge in [-0.25, -0.2) is 0 Å². The molecule has 0 fully saturated rings. The van der Waals surface area contributed by atoms with Crippen molar-refractivity contribution in [2.24, 2.45) is 0 Å². The van der Waals surface area contributed by atoms with Crippen LogP contribution in [-0.4, -0.2) is 16.4 Å². The van der Waals surface area contributed by atoms with E-state index in [1.807, 2.05) is 6.07 Å². The van der Waals surface area contributed by atoms with Crippen LogP contribution in [0, 0.1) is 0 Å². The normalized spacial score (nSPS) is 11.1. The van der Waals surface area contributed by atoms with E-state index >= 15 is 0 Å². The highest BCUT2D eigenvalue weighted by Gasteiger charge is 2.03. The van der Waals surface area contributed by atoms with Gasteiger partial charge in [0, 0.05) is 6.61 Å². The van der Waals surface area contributed by atoms with Crippen molar-refractivity contribution in [3.8, 4) is 11.1 Å². The number of hydrogen-bond donors (Lipinski definition) is 0. The smallest absolute Gasteiger partial charge is 0.192 e. The maximum absolute atomic E-state index is 5.62. The van der Waals surface area contributed by atoms with Crippen LogP contribution in [0.2, 0.25) is 0 Å². The standard InChI is InChI=1S/C14H16OSi/c1-2-15-16-14-11-7-6-10-13(14)12-8-4-3-5-9-12/h3-11H,2,16H2,1H3. The monoisotopic (exact) mass is 228 g/mol. The molecule has 0 spiro atoms. The topological polar surface area (TPSA) is 9.23 Å². The molecule has 2 aromatic rings. The van der Waals surface area contributed by atoms with Gasteiger partial charge in [0.1, 0.15) is 0 Å². The second kappa shape index (κ2) is 5.63. The summed E-state index contributed by atoms with van der Waals surface area (Å²) in [5, 5.41) is 1.38. The van der Waals surface area contributed by atoms with Gasteiger partial charge >= 0.3 is 0 Å². The number of benzene rings is 2. The Labute approximate surface area is 99.0 Å². The molecule has 2 heteroatoms. The van der Waals surface area contributed by atoms with Crippen LogP contribution in [0.3, 0.4) is 0 Å². The molecule has 0 radical (unpaired) electrons. The molecule has 0 amide bonds. The maximum atomic E-state index is 5.62. The first-order valence-corrected chi connectivity index (χ1v) is 6.91. The molecule has 0 atom stereocenters. The molecule has 0 bridgehead atoms. The van der Waals surface area contributed by atoms with Crippen LogP contribution in [0.5, 0.6) is 0 Å². The van der Waals surface area contributed by atoms with Gasteiger partial charge in [-0.15, -0.1) is 0 Å². The highest BCUT2D eigenvalue weighted by atomic mass is 28.2. The van der Waals surface area contributed by atoms with Crippen molar-refractivity contribution in [3.05, 3.63) is 54.6 Å². The third-order valence-electron chi connectivity index (χ3n) is 2.56. The lowest BCUT2D eigenvalue weighted by molar-refractivity contribution is 0.367. The van der Waals surface area contributed by atoms with E-state index in [0.29, 0.717) is 0 Å². The summed E-state index contributed by atoms with van der Waals surface area (Å²) in [4.78, 5) is 0. The van der Waals surface area contributed by atoms with Crippen molar-refractivity contribution in [2.45, 2.75) is 6.92 Å². The van der Waals surface area contributed by atoms with Crippen LogP contribution in [-0.2, 0) is 4.43 Å². The van der Waals surface area contributed by atoms with Crippen LogP contribution in [0.25, 0.3) is 11.1 Å². The van der Waals surface area contributed by atoms with Gasteiger partial charge in [0.2, 0.25) is 0 Å². The largest absolute Gasteiger partial charge is 0.419 e. The van der Waals surface area contributed by atoms with Gasteiger partial charge in [-0.05, 0) is 23.2 Å². The lowest BCUT2D eigenvalue weighted by atomic mass is 10.1. The number of rotatable bonds is 4. The van der Waals surface area contributed by atoms with E-state index < -0.39 is 9.76 Å². The third kappa shape index (κ3) is 2.59. The van der Waals surface area contributed by atoms with Crippen molar-refractivity contribution in [1.29, 1.82) is 0 Å². The zero-order chi connectivity index (χ0) is 11.2. The second-order valence-corrected chi connectivity index (χ2v) is 5.12. The first kappa shape index (κ1) is 11.1. The Kier molecular flexibility index (Phi) is 3.91. The minimum Gasteiger partial charge on any atom is -0.419 e. The predicted molar refractivity (Wildman–Crippen MR) is 71.7 cm³/mol. The SMILES string of the molecule is CCO[SiH2]c1ccccc1-c1ccccc1. The van der Waals surface area contributed by atoms with Crippen LogP contribution in [0.15, 0.2) is 54.6 Å². The molecule has 0 saturated heterocycles. The average molecular weight is 228 g/mol. The lowest BCUT2D eigenvalue weighted by Crippen LogP contribution is -2.19. The zero-order valence-corrected chi connectivity index (χ0v) is 10.9. The van der Waals surface area contributed by atoms with Crippen molar-refractivity contribution in [3.63, 3.8) is 0 Å². The summed E-state index contributed by atoms with van der Waals surface area (Å²) in [6.07, 6.45) is 0. The van der Waals surface area contributed by atoms with E-state index in [4.69, 9.17) is 4.43 Å². The second-order valence-electron chi connectivity index (χ2n) is 3.66. The first-order valence-electron chi connectivity index (χ1n) is 5.63. The van der Waals surface area contributed by atoms with E-state index in [-0.39, 0.29) is 0 Å². The summed E-state index contributed by atoms with van der Waals surface area (Å²) in [5.74, 6) is 0. The Morgan fingerprint density at radius 1 is 0.938 bits per heavy atom. The Bertz CT molecular complexity index is 439. The molecule has 0 N–H and O–H groups in total. The molecule has 0 aliphatic heterocycles. The van der Waals surface area contributed by atoms with Gasteiger partial charge in [0.25, 0.3) is 0 Å². The summed E-state index contributed by atoms with van der Waals surface area (Å²) in [6.45, 7) is 2.87. The van der Waals surface area contributed by atoms with E-state index in [1.165, 1.54) is 16.3 Å². The van der Waals surface area contributed by atoms with Crippen molar-refractivity contribution in [1.82, 2.24) is 0 Å². The Balaban J connectivity index is 2.33. The van der Waals surface area contributed by atoms with E-state index in [0.717, 1.165) is 6.61 Å². The Morgan fingerprint density at radius 3 is 2.38 bits per heavy atom. The molecule has 0 heterocycles. The van der Waals surface area contributed by atoms with Crippen molar-refractivity contribution >= 4 is 14.9 Å². The quantitative estimate of drug-likeness (QED) is 0.728. The molecule has 0 aliphatic rings. The fourth-order valence-electron chi connectivity index (χ4n) is 1.76. The third-order valence-corrected chi connectivity index (χ3v) is 4.10. The first-order chi connectivity index (χ1) is 7.92. The van der Waals surface area contributed by atoms with E-state index in [1.54, 1.807) is 0 Å². The van der Waals surface area contributed by atoms with Gasteiger partial charge in [-0.2, -0.15) is 0 Å². The molecule has 0 saturated carbocycles. The number of hydrogen-bond acceptors (Lipinski definition) is 1. The van der Waals surface area contributed by atoms with Gasteiger partial charge in [0.05, 0.1) is 0 Å². The summed E-state index contributed by atoms with van der Waals surface area (Å²) in [6, 6.07) is 19.0. The highest BCUT2D eigenvalue weighted by Crippen LogP contribution is 2.15. The molecular weight excluding hydrogens is 212 g/mol. The maximum Gasteiger partial charge on any atom is 0.192 e. The summed E-state index contributed by atoms with van der Waals surface area (Å²) >= 11 is 0. The molecule has 82 valence electrons.